The van der Waals surface area contributed by atoms with Crippen LogP contribution in [0.1, 0.15) is 65.7 Å². The predicted molar refractivity (Wildman–Crippen MR) is 128 cm³/mol. The molecule has 1 aromatic carbocycles. The lowest BCUT2D eigenvalue weighted by atomic mass is 9.96. The van der Waals surface area contributed by atoms with E-state index in [9.17, 15) is 19.2 Å². The zero-order valence-electron chi connectivity index (χ0n) is 19.6. The van der Waals surface area contributed by atoms with Crippen LogP contribution in [-0.4, -0.2) is 57.3 Å². The first kappa shape index (κ1) is 22.6. The molecule has 0 spiro atoms. The first-order chi connectivity index (χ1) is 16.5. The van der Waals surface area contributed by atoms with Crippen LogP contribution in [0.2, 0.25) is 0 Å². The van der Waals surface area contributed by atoms with E-state index in [2.05, 4.69) is 4.98 Å². The van der Waals surface area contributed by atoms with E-state index in [1.165, 1.54) is 0 Å². The SMILES string of the molecule is O=C(c1cccc(Cn2c3c(c(=O)[nH]c2=O)CCCC3)c1)N1CCN(C(=O)C2CCCC2)CC1. The predicted octanol–water partition coefficient (Wildman–Crippen LogP) is 1.94. The number of nitrogens with one attached hydrogen (secondary N) is 1. The van der Waals surface area contributed by atoms with Crippen molar-refractivity contribution in [3.05, 3.63) is 67.5 Å². The average Bonchev–Trinajstić information content (AvgIpc) is 3.41. The summed E-state index contributed by atoms with van der Waals surface area (Å²) in [5.41, 5.74) is 2.29. The summed E-state index contributed by atoms with van der Waals surface area (Å²) in [6, 6.07) is 7.38. The van der Waals surface area contributed by atoms with Gasteiger partial charge in [0.2, 0.25) is 5.91 Å². The van der Waals surface area contributed by atoms with E-state index < -0.39 is 5.69 Å². The smallest absolute Gasteiger partial charge is 0.328 e. The highest BCUT2D eigenvalue weighted by Crippen LogP contribution is 2.27. The number of H-pyrrole nitrogens is 1. The molecule has 180 valence electrons. The zero-order chi connectivity index (χ0) is 23.7. The third kappa shape index (κ3) is 4.45. The summed E-state index contributed by atoms with van der Waals surface area (Å²) in [5.74, 6) is 0.368. The summed E-state index contributed by atoms with van der Waals surface area (Å²) in [5, 5.41) is 0. The Morgan fingerprint density at radius 3 is 2.38 bits per heavy atom. The van der Waals surface area contributed by atoms with Gasteiger partial charge < -0.3 is 9.80 Å². The molecule has 0 radical (unpaired) electrons. The van der Waals surface area contributed by atoms with Gasteiger partial charge in [-0.25, -0.2) is 4.79 Å². The van der Waals surface area contributed by atoms with Gasteiger partial charge in [-0.1, -0.05) is 25.0 Å². The third-order valence-electron chi connectivity index (χ3n) is 7.60. The number of hydrogen-bond donors (Lipinski definition) is 1. The van der Waals surface area contributed by atoms with E-state index in [0.717, 1.165) is 56.2 Å². The minimum Gasteiger partial charge on any atom is -0.339 e. The van der Waals surface area contributed by atoms with E-state index >= 15 is 0 Å². The van der Waals surface area contributed by atoms with E-state index in [-0.39, 0.29) is 23.3 Å². The number of piperazine rings is 1. The quantitative estimate of drug-likeness (QED) is 0.748. The lowest BCUT2D eigenvalue weighted by Gasteiger charge is -2.36. The molecular weight excluding hydrogens is 432 g/mol. The lowest BCUT2D eigenvalue weighted by Crippen LogP contribution is -2.51. The van der Waals surface area contributed by atoms with E-state index in [1.54, 1.807) is 10.6 Å². The summed E-state index contributed by atoms with van der Waals surface area (Å²) in [6.07, 6.45) is 7.59. The molecule has 1 aromatic heterocycles. The van der Waals surface area contributed by atoms with Crippen molar-refractivity contribution < 1.29 is 9.59 Å². The summed E-state index contributed by atoms with van der Waals surface area (Å²) >= 11 is 0. The number of hydrogen-bond acceptors (Lipinski definition) is 4. The van der Waals surface area contributed by atoms with Crippen LogP contribution in [0.25, 0.3) is 0 Å². The molecule has 1 saturated heterocycles. The van der Waals surface area contributed by atoms with Crippen LogP contribution in [0.5, 0.6) is 0 Å². The first-order valence-corrected chi connectivity index (χ1v) is 12.5. The maximum atomic E-state index is 13.2. The number of carbonyl (C=O) groups excluding carboxylic acids is 2. The Hall–Kier alpha value is -3.16. The highest BCUT2D eigenvalue weighted by atomic mass is 16.2. The standard InChI is InChI=1S/C26H32N4O4/c31-23-21-10-3-4-11-22(21)30(26(34)27-23)17-18-6-5-9-20(16-18)25(33)29-14-12-28(13-15-29)24(32)19-7-1-2-8-19/h5-6,9,16,19H,1-4,7-8,10-15,17H2,(H,27,31,34). The van der Waals surface area contributed by atoms with Gasteiger partial charge in [0.1, 0.15) is 0 Å². The van der Waals surface area contributed by atoms with Gasteiger partial charge in [-0.05, 0) is 56.2 Å². The number of carbonyl (C=O) groups is 2. The first-order valence-electron chi connectivity index (χ1n) is 12.5. The molecule has 8 heteroatoms. The second-order valence-corrected chi connectivity index (χ2v) is 9.78. The van der Waals surface area contributed by atoms with Gasteiger partial charge in [0, 0.05) is 48.9 Å². The topological polar surface area (TPSA) is 95.5 Å². The minimum absolute atomic E-state index is 0.0503. The van der Waals surface area contributed by atoms with Crippen LogP contribution in [0.15, 0.2) is 33.9 Å². The fourth-order valence-corrected chi connectivity index (χ4v) is 5.69. The molecule has 0 atom stereocenters. The summed E-state index contributed by atoms with van der Waals surface area (Å²) in [6.45, 7) is 2.56. The molecule has 0 unspecified atom stereocenters. The molecule has 2 fully saturated rings. The molecule has 1 saturated carbocycles. The molecule has 1 aliphatic heterocycles. The second-order valence-electron chi connectivity index (χ2n) is 9.78. The van der Waals surface area contributed by atoms with Crippen molar-refractivity contribution >= 4 is 11.8 Å². The summed E-state index contributed by atoms with van der Waals surface area (Å²) < 4.78 is 1.65. The van der Waals surface area contributed by atoms with Gasteiger partial charge in [0.25, 0.3) is 11.5 Å². The molecule has 3 aliphatic rings. The number of aromatic nitrogens is 2. The van der Waals surface area contributed by atoms with Gasteiger partial charge in [-0.3, -0.25) is 23.9 Å². The van der Waals surface area contributed by atoms with Crippen LogP contribution >= 0.6 is 0 Å². The Labute approximate surface area is 198 Å². The molecular formula is C26H32N4O4. The minimum atomic E-state index is -0.398. The zero-order valence-corrected chi connectivity index (χ0v) is 19.6. The Morgan fingerprint density at radius 2 is 1.62 bits per heavy atom. The van der Waals surface area contributed by atoms with Crippen LogP contribution in [-0.2, 0) is 24.2 Å². The van der Waals surface area contributed by atoms with Crippen molar-refractivity contribution in [2.45, 2.75) is 57.9 Å². The largest absolute Gasteiger partial charge is 0.339 e. The van der Waals surface area contributed by atoms with Crippen molar-refractivity contribution in [2.24, 2.45) is 5.92 Å². The number of rotatable bonds is 4. The van der Waals surface area contributed by atoms with Gasteiger partial charge in [0.15, 0.2) is 0 Å². The van der Waals surface area contributed by atoms with Crippen molar-refractivity contribution in [3.63, 3.8) is 0 Å². The van der Waals surface area contributed by atoms with E-state index in [4.69, 9.17) is 0 Å². The Balaban J connectivity index is 1.28. The number of nitrogens with zero attached hydrogens (tertiary/aromatic N) is 3. The van der Waals surface area contributed by atoms with Crippen molar-refractivity contribution in [3.8, 4) is 0 Å². The third-order valence-corrected chi connectivity index (χ3v) is 7.60. The number of aromatic amines is 1. The van der Waals surface area contributed by atoms with Crippen LogP contribution in [0.3, 0.4) is 0 Å². The monoisotopic (exact) mass is 464 g/mol. The van der Waals surface area contributed by atoms with Gasteiger partial charge in [-0.2, -0.15) is 0 Å². The van der Waals surface area contributed by atoms with Gasteiger partial charge in [0.05, 0.1) is 6.54 Å². The normalized spacial score (nSPS) is 18.7. The van der Waals surface area contributed by atoms with Gasteiger partial charge >= 0.3 is 5.69 Å². The van der Waals surface area contributed by atoms with E-state index in [1.807, 2.05) is 28.0 Å². The van der Waals surface area contributed by atoms with E-state index in [0.29, 0.717) is 50.3 Å². The average molecular weight is 465 g/mol. The Kier molecular flexibility index (Phi) is 6.39. The second kappa shape index (κ2) is 9.60. The van der Waals surface area contributed by atoms with Gasteiger partial charge in [-0.15, -0.1) is 0 Å². The van der Waals surface area contributed by atoms with Crippen molar-refractivity contribution in [2.75, 3.05) is 26.2 Å². The summed E-state index contributed by atoms with van der Waals surface area (Å²) in [4.78, 5) is 56.8. The number of benzene rings is 1. The highest BCUT2D eigenvalue weighted by molar-refractivity contribution is 5.94. The number of amides is 2. The van der Waals surface area contributed by atoms with Crippen LogP contribution in [0.4, 0.5) is 0 Å². The molecule has 8 nitrogen and oxygen atoms in total. The Morgan fingerprint density at radius 1 is 0.912 bits per heavy atom. The molecule has 5 rings (SSSR count). The maximum Gasteiger partial charge on any atom is 0.328 e. The molecule has 2 aromatic rings. The van der Waals surface area contributed by atoms with Crippen LogP contribution < -0.4 is 11.2 Å². The van der Waals surface area contributed by atoms with Crippen LogP contribution in [0, 0.1) is 5.92 Å². The highest BCUT2D eigenvalue weighted by Gasteiger charge is 2.30. The molecule has 0 bridgehead atoms. The fourth-order valence-electron chi connectivity index (χ4n) is 5.69. The molecule has 34 heavy (non-hydrogen) atoms. The lowest BCUT2D eigenvalue weighted by molar-refractivity contribution is -0.136. The molecule has 2 heterocycles. The molecule has 2 aliphatic carbocycles. The van der Waals surface area contributed by atoms with Crippen molar-refractivity contribution in [1.82, 2.24) is 19.4 Å². The maximum absolute atomic E-state index is 13.2. The molecule has 1 N–H and O–H groups in total. The Bertz CT molecular complexity index is 1200. The number of fused-ring (bicyclic) bond motifs is 1. The fraction of sp³-hybridized carbons (Fsp3) is 0.538. The van der Waals surface area contributed by atoms with Crippen molar-refractivity contribution in [1.29, 1.82) is 0 Å². The molecule has 2 amide bonds. The summed E-state index contributed by atoms with van der Waals surface area (Å²) in [7, 11) is 0.